The van der Waals surface area contributed by atoms with Gasteiger partial charge in [-0.3, -0.25) is 4.72 Å². The summed E-state index contributed by atoms with van der Waals surface area (Å²) in [5.41, 5.74) is 4.12. The van der Waals surface area contributed by atoms with E-state index in [1.807, 2.05) is 37.3 Å². The number of H-pyrrole nitrogens is 1. The van der Waals surface area contributed by atoms with Crippen molar-refractivity contribution < 1.29 is 8.42 Å². The molecule has 0 aliphatic carbocycles. The number of imidazole rings is 1. The molecule has 6 heteroatoms. The molecule has 1 aromatic heterocycles. The van der Waals surface area contributed by atoms with Crippen LogP contribution in [0.2, 0.25) is 0 Å². The van der Waals surface area contributed by atoms with Crippen molar-refractivity contribution in [3.05, 3.63) is 78.4 Å². The van der Waals surface area contributed by atoms with Gasteiger partial charge in [0.1, 0.15) is 5.82 Å². The van der Waals surface area contributed by atoms with Crippen molar-refractivity contribution >= 4 is 26.7 Å². The molecule has 0 radical (unpaired) electrons. The Morgan fingerprint density at radius 3 is 2.46 bits per heavy atom. The molecule has 5 nitrogen and oxygen atoms in total. The van der Waals surface area contributed by atoms with Gasteiger partial charge in [0.2, 0.25) is 0 Å². The molecule has 0 amide bonds. The Labute approximate surface area is 151 Å². The second-order valence-corrected chi connectivity index (χ2v) is 7.78. The number of hydrogen-bond donors (Lipinski definition) is 2. The standard InChI is InChI=1S/C20H17N3O2S/c1-14-9-11-17(12-10-14)26(24,25)23-16-6-4-5-15(13-16)20-21-18-7-2-3-8-19(18)22-20/h2-13,23H,1H3,(H,21,22). The minimum atomic E-state index is -3.63. The van der Waals surface area contributed by atoms with Gasteiger partial charge in [-0.25, -0.2) is 13.4 Å². The van der Waals surface area contributed by atoms with E-state index in [-0.39, 0.29) is 4.90 Å². The van der Waals surface area contributed by atoms with Crippen LogP contribution < -0.4 is 4.72 Å². The lowest BCUT2D eigenvalue weighted by molar-refractivity contribution is 0.601. The third-order valence-corrected chi connectivity index (χ3v) is 5.51. The molecular formula is C20H17N3O2S. The molecule has 0 aliphatic rings. The average molecular weight is 363 g/mol. The summed E-state index contributed by atoms with van der Waals surface area (Å²) in [6, 6.07) is 21.7. The zero-order valence-corrected chi connectivity index (χ0v) is 14.9. The predicted octanol–water partition coefficient (Wildman–Crippen LogP) is 4.34. The first-order chi connectivity index (χ1) is 12.5. The summed E-state index contributed by atoms with van der Waals surface area (Å²) >= 11 is 0. The maximum Gasteiger partial charge on any atom is 0.261 e. The summed E-state index contributed by atoms with van der Waals surface area (Å²) < 4.78 is 27.8. The van der Waals surface area contributed by atoms with Gasteiger partial charge in [0.15, 0.2) is 0 Å². The molecular weight excluding hydrogens is 346 g/mol. The van der Waals surface area contributed by atoms with Gasteiger partial charge in [-0.15, -0.1) is 0 Å². The van der Waals surface area contributed by atoms with E-state index < -0.39 is 10.0 Å². The quantitative estimate of drug-likeness (QED) is 0.566. The summed E-state index contributed by atoms with van der Waals surface area (Å²) in [5, 5.41) is 0. The van der Waals surface area contributed by atoms with Gasteiger partial charge in [0.25, 0.3) is 10.0 Å². The zero-order chi connectivity index (χ0) is 18.1. The zero-order valence-electron chi connectivity index (χ0n) is 14.1. The van der Waals surface area contributed by atoms with E-state index in [2.05, 4.69) is 14.7 Å². The van der Waals surface area contributed by atoms with Gasteiger partial charge in [-0.2, -0.15) is 0 Å². The molecule has 0 spiro atoms. The summed E-state index contributed by atoms with van der Waals surface area (Å²) in [6.45, 7) is 1.92. The molecule has 0 saturated carbocycles. The first kappa shape index (κ1) is 16.4. The minimum Gasteiger partial charge on any atom is -0.338 e. The van der Waals surface area contributed by atoms with E-state index in [1.54, 1.807) is 42.5 Å². The van der Waals surface area contributed by atoms with Crippen molar-refractivity contribution in [1.82, 2.24) is 9.97 Å². The van der Waals surface area contributed by atoms with Crippen LogP contribution >= 0.6 is 0 Å². The predicted molar refractivity (Wildman–Crippen MR) is 104 cm³/mol. The molecule has 0 atom stereocenters. The maximum absolute atomic E-state index is 12.6. The molecule has 0 bridgehead atoms. The van der Waals surface area contributed by atoms with Gasteiger partial charge in [0, 0.05) is 11.3 Å². The fourth-order valence-electron chi connectivity index (χ4n) is 2.75. The number of fused-ring (bicyclic) bond motifs is 1. The molecule has 0 fully saturated rings. The highest BCUT2D eigenvalue weighted by atomic mass is 32.2. The molecule has 2 N–H and O–H groups in total. The van der Waals surface area contributed by atoms with Gasteiger partial charge in [-0.05, 0) is 43.3 Å². The maximum atomic E-state index is 12.6. The number of hydrogen-bond acceptors (Lipinski definition) is 3. The van der Waals surface area contributed by atoms with E-state index in [0.717, 1.165) is 22.2 Å². The molecule has 0 unspecified atom stereocenters. The van der Waals surface area contributed by atoms with Crippen molar-refractivity contribution in [2.45, 2.75) is 11.8 Å². The highest BCUT2D eigenvalue weighted by molar-refractivity contribution is 7.92. The Morgan fingerprint density at radius 2 is 1.69 bits per heavy atom. The number of rotatable bonds is 4. The highest BCUT2D eigenvalue weighted by Crippen LogP contribution is 2.24. The molecule has 4 aromatic rings. The minimum absolute atomic E-state index is 0.234. The summed E-state index contributed by atoms with van der Waals surface area (Å²) in [5.74, 6) is 0.697. The van der Waals surface area contributed by atoms with Crippen molar-refractivity contribution in [3.63, 3.8) is 0 Å². The fourth-order valence-corrected chi connectivity index (χ4v) is 3.80. The van der Waals surface area contributed by atoms with Gasteiger partial charge in [-0.1, -0.05) is 42.0 Å². The van der Waals surface area contributed by atoms with Crippen molar-refractivity contribution in [2.24, 2.45) is 0 Å². The van der Waals surface area contributed by atoms with Crippen LogP contribution in [0.25, 0.3) is 22.4 Å². The Morgan fingerprint density at radius 1 is 0.923 bits per heavy atom. The molecule has 3 aromatic carbocycles. The Bertz CT molecular complexity index is 1150. The first-order valence-electron chi connectivity index (χ1n) is 8.16. The number of aryl methyl sites for hydroxylation is 1. The van der Waals surface area contributed by atoms with Gasteiger partial charge >= 0.3 is 0 Å². The normalized spacial score (nSPS) is 11.6. The largest absolute Gasteiger partial charge is 0.338 e. The van der Waals surface area contributed by atoms with Crippen LogP contribution in [0.4, 0.5) is 5.69 Å². The average Bonchev–Trinajstić information content (AvgIpc) is 3.06. The molecule has 4 rings (SSSR count). The number of aromatic amines is 1. The molecule has 1 heterocycles. The summed E-state index contributed by atoms with van der Waals surface area (Å²) in [6.07, 6.45) is 0. The smallest absolute Gasteiger partial charge is 0.261 e. The van der Waals surface area contributed by atoms with E-state index in [9.17, 15) is 8.42 Å². The SMILES string of the molecule is Cc1ccc(S(=O)(=O)Nc2cccc(-c3nc4ccccc4[nH]3)c2)cc1. The van der Waals surface area contributed by atoms with E-state index in [1.165, 1.54) is 0 Å². The molecule has 26 heavy (non-hydrogen) atoms. The van der Waals surface area contributed by atoms with Crippen molar-refractivity contribution in [2.75, 3.05) is 4.72 Å². The third kappa shape index (κ3) is 3.19. The first-order valence-corrected chi connectivity index (χ1v) is 9.64. The number of anilines is 1. The lowest BCUT2D eigenvalue weighted by atomic mass is 10.2. The molecule has 0 saturated heterocycles. The Kier molecular flexibility index (Phi) is 3.97. The number of aromatic nitrogens is 2. The lowest BCUT2D eigenvalue weighted by Gasteiger charge is -2.09. The van der Waals surface area contributed by atoms with Crippen LogP contribution in [0.15, 0.2) is 77.7 Å². The monoisotopic (exact) mass is 363 g/mol. The fraction of sp³-hybridized carbons (Fsp3) is 0.0500. The number of nitrogens with zero attached hydrogens (tertiary/aromatic N) is 1. The Balaban J connectivity index is 1.66. The van der Waals surface area contributed by atoms with Crippen LogP contribution in [0.1, 0.15) is 5.56 Å². The van der Waals surface area contributed by atoms with Crippen LogP contribution in [0, 0.1) is 6.92 Å². The topological polar surface area (TPSA) is 74.8 Å². The summed E-state index contributed by atoms with van der Waals surface area (Å²) in [7, 11) is -3.63. The van der Waals surface area contributed by atoms with Crippen molar-refractivity contribution in [3.8, 4) is 11.4 Å². The van der Waals surface area contributed by atoms with E-state index in [4.69, 9.17) is 0 Å². The van der Waals surface area contributed by atoms with E-state index in [0.29, 0.717) is 11.5 Å². The van der Waals surface area contributed by atoms with E-state index >= 15 is 0 Å². The van der Waals surface area contributed by atoms with Crippen LogP contribution in [0.3, 0.4) is 0 Å². The van der Waals surface area contributed by atoms with Crippen molar-refractivity contribution in [1.29, 1.82) is 0 Å². The van der Waals surface area contributed by atoms with Crippen LogP contribution in [-0.2, 0) is 10.0 Å². The number of nitrogens with one attached hydrogen (secondary N) is 2. The lowest BCUT2D eigenvalue weighted by Crippen LogP contribution is -2.12. The third-order valence-electron chi connectivity index (χ3n) is 4.11. The Hall–Kier alpha value is -3.12. The van der Waals surface area contributed by atoms with Crippen LogP contribution in [0.5, 0.6) is 0 Å². The van der Waals surface area contributed by atoms with Gasteiger partial charge < -0.3 is 4.98 Å². The molecule has 0 aliphatic heterocycles. The van der Waals surface area contributed by atoms with Crippen LogP contribution in [-0.4, -0.2) is 18.4 Å². The molecule has 130 valence electrons. The second kappa shape index (κ2) is 6.31. The highest BCUT2D eigenvalue weighted by Gasteiger charge is 2.14. The number of sulfonamides is 1. The van der Waals surface area contributed by atoms with Gasteiger partial charge in [0.05, 0.1) is 15.9 Å². The second-order valence-electron chi connectivity index (χ2n) is 6.10. The number of benzene rings is 3. The number of para-hydroxylation sites is 2. The summed E-state index contributed by atoms with van der Waals surface area (Å²) in [4.78, 5) is 8.04.